The Bertz CT molecular complexity index is 1090. The van der Waals surface area contributed by atoms with Gasteiger partial charge in [0.2, 0.25) is 0 Å². The molecule has 3 aromatic rings. The standard InChI is InChI=1S/C22H21F3N2O3/c1-4-19-26-17-12-15(20(28)22(23,24)25)8-11-18(17)27(19)16-9-6-14(7-10-16)13(3)21(29)30-5-2/h6-13H,4-5H2,1-3H3. The molecule has 0 bridgehead atoms. The highest BCUT2D eigenvalue weighted by Crippen LogP contribution is 2.28. The van der Waals surface area contributed by atoms with E-state index in [2.05, 4.69) is 4.98 Å². The van der Waals surface area contributed by atoms with Crippen LogP contribution in [0.4, 0.5) is 13.2 Å². The smallest absolute Gasteiger partial charge is 0.454 e. The second-order valence-corrected chi connectivity index (χ2v) is 6.81. The fourth-order valence-electron chi connectivity index (χ4n) is 3.28. The van der Waals surface area contributed by atoms with Gasteiger partial charge in [0.15, 0.2) is 0 Å². The minimum atomic E-state index is -4.94. The van der Waals surface area contributed by atoms with E-state index >= 15 is 0 Å². The Morgan fingerprint density at radius 2 is 1.77 bits per heavy atom. The van der Waals surface area contributed by atoms with Crippen LogP contribution >= 0.6 is 0 Å². The number of ketones is 1. The normalized spacial score (nSPS) is 12.7. The Morgan fingerprint density at radius 3 is 2.33 bits per heavy atom. The minimum absolute atomic E-state index is 0.307. The van der Waals surface area contributed by atoms with Crippen LogP contribution in [0.1, 0.15) is 48.4 Å². The summed E-state index contributed by atoms with van der Waals surface area (Å²) in [5, 5.41) is 0. The van der Waals surface area contributed by atoms with Crippen LogP contribution in [-0.4, -0.2) is 34.1 Å². The van der Waals surface area contributed by atoms with E-state index in [4.69, 9.17) is 4.74 Å². The summed E-state index contributed by atoms with van der Waals surface area (Å²) in [4.78, 5) is 27.9. The number of imidazole rings is 1. The number of Topliss-reactive ketones (excluding diaryl/α,β-unsaturated/α-hetero) is 1. The van der Waals surface area contributed by atoms with Crippen molar-refractivity contribution in [3.63, 3.8) is 0 Å². The molecule has 0 saturated carbocycles. The average molecular weight is 418 g/mol. The second-order valence-electron chi connectivity index (χ2n) is 6.81. The maximum absolute atomic E-state index is 12.8. The monoisotopic (exact) mass is 418 g/mol. The molecule has 8 heteroatoms. The molecule has 0 spiro atoms. The first-order valence-corrected chi connectivity index (χ1v) is 9.57. The van der Waals surface area contributed by atoms with Gasteiger partial charge in [-0.3, -0.25) is 14.2 Å². The molecular formula is C22H21F3N2O3. The highest BCUT2D eigenvalue weighted by Gasteiger charge is 2.39. The quantitative estimate of drug-likeness (QED) is 0.418. The summed E-state index contributed by atoms with van der Waals surface area (Å²) in [7, 11) is 0. The number of nitrogens with zero attached hydrogens (tertiary/aromatic N) is 2. The number of rotatable bonds is 6. The maximum atomic E-state index is 12.8. The van der Waals surface area contributed by atoms with Crippen LogP contribution in [0.3, 0.4) is 0 Å². The maximum Gasteiger partial charge on any atom is 0.454 e. The molecule has 1 aromatic heterocycles. The van der Waals surface area contributed by atoms with Crippen LogP contribution < -0.4 is 0 Å². The number of benzene rings is 2. The van der Waals surface area contributed by atoms with Gasteiger partial charge in [-0.1, -0.05) is 19.1 Å². The molecule has 30 heavy (non-hydrogen) atoms. The number of fused-ring (bicyclic) bond motifs is 1. The summed E-state index contributed by atoms with van der Waals surface area (Å²) in [5.74, 6) is -1.98. The fraction of sp³-hybridized carbons (Fsp3) is 0.318. The van der Waals surface area contributed by atoms with Crippen LogP contribution in [0, 0.1) is 0 Å². The van der Waals surface area contributed by atoms with Gasteiger partial charge in [0.25, 0.3) is 5.78 Å². The Kier molecular flexibility index (Phi) is 5.96. The first kappa shape index (κ1) is 21.5. The van der Waals surface area contributed by atoms with Gasteiger partial charge in [0, 0.05) is 17.7 Å². The van der Waals surface area contributed by atoms with Crippen molar-refractivity contribution in [3.05, 3.63) is 59.4 Å². The number of halogens is 3. The molecule has 0 aliphatic rings. The Morgan fingerprint density at radius 1 is 1.10 bits per heavy atom. The summed E-state index contributed by atoms with van der Waals surface area (Å²) in [5.41, 5.74) is 2.00. The number of carbonyl (C=O) groups is 2. The van der Waals surface area contributed by atoms with Crippen LogP contribution in [-0.2, 0) is 16.0 Å². The summed E-state index contributed by atoms with van der Waals surface area (Å²) < 4.78 is 45.1. The van der Waals surface area contributed by atoms with Crippen molar-refractivity contribution in [2.24, 2.45) is 0 Å². The molecule has 2 aromatic carbocycles. The number of hydrogen-bond donors (Lipinski definition) is 0. The summed E-state index contributed by atoms with van der Waals surface area (Å²) >= 11 is 0. The lowest BCUT2D eigenvalue weighted by atomic mass is 10.0. The molecule has 0 N–H and O–H groups in total. The first-order chi connectivity index (χ1) is 14.2. The van der Waals surface area contributed by atoms with Gasteiger partial charge in [-0.2, -0.15) is 13.2 Å². The molecular weight excluding hydrogens is 397 g/mol. The van der Waals surface area contributed by atoms with Gasteiger partial charge >= 0.3 is 12.1 Å². The third-order valence-electron chi connectivity index (χ3n) is 4.85. The number of carbonyl (C=O) groups excluding carboxylic acids is 2. The van der Waals surface area contributed by atoms with E-state index in [1.165, 1.54) is 6.07 Å². The molecule has 3 rings (SSSR count). The molecule has 0 saturated heterocycles. The highest BCUT2D eigenvalue weighted by atomic mass is 19.4. The Hall–Kier alpha value is -3.16. The largest absolute Gasteiger partial charge is 0.466 e. The molecule has 0 fully saturated rings. The number of aromatic nitrogens is 2. The molecule has 1 heterocycles. The summed E-state index contributed by atoms with van der Waals surface area (Å²) in [6.07, 6.45) is -4.40. The lowest BCUT2D eigenvalue weighted by Gasteiger charge is -2.13. The van der Waals surface area contributed by atoms with E-state index in [-0.39, 0.29) is 5.97 Å². The van der Waals surface area contributed by atoms with Crippen molar-refractivity contribution in [2.75, 3.05) is 6.61 Å². The van der Waals surface area contributed by atoms with Crippen molar-refractivity contribution >= 4 is 22.8 Å². The summed E-state index contributed by atoms with van der Waals surface area (Å²) in [6.45, 7) is 5.70. The van der Waals surface area contributed by atoms with Crippen molar-refractivity contribution in [1.82, 2.24) is 9.55 Å². The van der Waals surface area contributed by atoms with Gasteiger partial charge in [-0.25, -0.2) is 4.98 Å². The van der Waals surface area contributed by atoms with Crippen molar-refractivity contribution in [3.8, 4) is 5.69 Å². The minimum Gasteiger partial charge on any atom is -0.466 e. The van der Waals surface area contributed by atoms with Gasteiger partial charge in [-0.05, 0) is 49.7 Å². The predicted octanol–water partition coefficient (Wildman–Crippen LogP) is 5.00. The van der Waals surface area contributed by atoms with Crippen molar-refractivity contribution in [2.45, 2.75) is 39.3 Å². The Balaban J connectivity index is 2.01. The van der Waals surface area contributed by atoms with E-state index in [0.717, 1.165) is 23.4 Å². The van der Waals surface area contributed by atoms with Crippen LogP contribution in [0.5, 0.6) is 0 Å². The van der Waals surface area contributed by atoms with Crippen molar-refractivity contribution in [1.29, 1.82) is 0 Å². The number of ether oxygens (including phenoxy) is 1. The number of alkyl halides is 3. The lowest BCUT2D eigenvalue weighted by Crippen LogP contribution is -2.22. The molecule has 0 amide bonds. The topological polar surface area (TPSA) is 61.2 Å². The van der Waals surface area contributed by atoms with Gasteiger partial charge in [0.1, 0.15) is 5.82 Å². The van der Waals surface area contributed by atoms with Crippen LogP contribution in [0.25, 0.3) is 16.7 Å². The molecule has 1 atom stereocenters. The zero-order chi connectivity index (χ0) is 22.1. The van der Waals surface area contributed by atoms with E-state index in [1.54, 1.807) is 13.8 Å². The zero-order valence-electron chi connectivity index (χ0n) is 16.8. The van der Waals surface area contributed by atoms with E-state index in [9.17, 15) is 22.8 Å². The molecule has 0 aliphatic carbocycles. The van der Waals surface area contributed by atoms with E-state index < -0.39 is 23.4 Å². The molecule has 0 aliphatic heterocycles. The van der Waals surface area contributed by atoms with E-state index in [0.29, 0.717) is 29.9 Å². The van der Waals surface area contributed by atoms with Gasteiger partial charge in [-0.15, -0.1) is 0 Å². The Labute approximate surface area is 171 Å². The van der Waals surface area contributed by atoms with Gasteiger partial charge < -0.3 is 4.74 Å². The summed E-state index contributed by atoms with van der Waals surface area (Å²) in [6, 6.07) is 11.0. The molecule has 5 nitrogen and oxygen atoms in total. The zero-order valence-corrected chi connectivity index (χ0v) is 16.8. The molecule has 158 valence electrons. The number of esters is 1. The fourth-order valence-corrected chi connectivity index (χ4v) is 3.28. The second kappa shape index (κ2) is 8.30. The van der Waals surface area contributed by atoms with E-state index in [1.807, 2.05) is 35.8 Å². The third-order valence-corrected chi connectivity index (χ3v) is 4.85. The van der Waals surface area contributed by atoms with Crippen LogP contribution in [0.15, 0.2) is 42.5 Å². The molecule has 0 radical (unpaired) electrons. The lowest BCUT2D eigenvalue weighted by molar-refractivity contribution is -0.144. The molecule has 1 unspecified atom stereocenters. The number of hydrogen-bond acceptors (Lipinski definition) is 4. The predicted molar refractivity (Wildman–Crippen MR) is 106 cm³/mol. The number of aryl methyl sites for hydroxylation is 1. The highest BCUT2D eigenvalue weighted by molar-refractivity contribution is 6.02. The van der Waals surface area contributed by atoms with Gasteiger partial charge in [0.05, 0.1) is 23.6 Å². The third kappa shape index (κ3) is 4.08. The first-order valence-electron chi connectivity index (χ1n) is 9.57. The SMILES string of the molecule is CCOC(=O)C(C)c1ccc(-n2c(CC)nc3cc(C(=O)C(F)(F)F)ccc32)cc1. The van der Waals surface area contributed by atoms with Crippen LogP contribution in [0.2, 0.25) is 0 Å². The van der Waals surface area contributed by atoms with Crippen molar-refractivity contribution < 1.29 is 27.5 Å². The average Bonchev–Trinajstić information content (AvgIpc) is 3.10.